The smallest absolute Gasteiger partial charge is 0.351 e. The largest absolute Gasteiger partial charge is 0.478 e. The van der Waals surface area contributed by atoms with Crippen molar-refractivity contribution >= 4 is 5.97 Å². The normalized spacial score (nSPS) is 14.0. The van der Waals surface area contributed by atoms with Crippen LogP contribution in [0.15, 0.2) is 12.1 Å². The van der Waals surface area contributed by atoms with Gasteiger partial charge in [-0.3, -0.25) is 0 Å². The van der Waals surface area contributed by atoms with Crippen molar-refractivity contribution in [3.05, 3.63) is 34.9 Å². The lowest BCUT2D eigenvalue weighted by Gasteiger charge is -2.24. The zero-order valence-electron chi connectivity index (χ0n) is 15.9. The zero-order valence-corrected chi connectivity index (χ0v) is 15.9. The van der Waals surface area contributed by atoms with Gasteiger partial charge < -0.3 is 5.11 Å². The fraction of sp³-hybridized carbons (Fsp3) is 0.611. The Morgan fingerprint density at radius 2 is 1.58 bits per heavy atom. The van der Waals surface area contributed by atoms with E-state index < -0.39 is 12.1 Å². The molecule has 0 spiro atoms. The number of carboxylic acid groups (broad SMARTS) is 1. The quantitative estimate of drug-likeness (QED) is 0.934. The summed E-state index contributed by atoms with van der Waals surface area (Å²) in [6.45, 7) is 16.1. The van der Waals surface area contributed by atoms with Gasteiger partial charge in [-0.25, -0.2) is 14.2 Å². The Kier molecular flexibility index (Phi) is 4.37. The second kappa shape index (κ2) is 5.76. The second-order valence-electron chi connectivity index (χ2n) is 8.44. The average molecular weight is 332 g/mol. The van der Waals surface area contributed by atoms with Crippen molar-refractivity contribution in [1.29, 1.82) is 0 Å². The maximum absolute atomic E-state index is 12.1. The van der Waals surface area contributed by atoms with Gasteiger partial charge in [0.2, 0.25) is 6.17 Å². The van der Waals surface area contributed by atoms with Crippen LogP contribution in [0, 0.1) is 13.8 Å². The van der Waals surface area contributed by atoms with Crippen molar-refractivity contribution in [1.82, 2.24) is 19.6 Å². The summed E-state index contributed by atoms with van der Waals surface area (Å²) in [5, 5.41) is 18.9. The number of aromatic nitrogens is 4. The third kappa shape index (κ3) is 3.37. The second-order valence-corrected chi connectivity index (χ2v) is 8.44. The first-order valence-corrected chi connectivity index (χ1v) is 8.18. The number of carboxylic acids is 1. The lowest BCUT2D eigenvalue weighted by atomic mass is 9.88. The monoisotopic (exact) mass is 332 g/mol. The van der Waals surface area contributed by atoms with Crippen LogP contribution in [0.25, 0.3) is 0 Å². The van der Waals surface area contributed by atoms with E-state index in [1.807, 2.05) is 26.0 Å². The van der Waals surface area contributed by atoms with E-state index in [0.717, 1.165) is 22.8 Å². The van der Waals surface area contributed by atoms with Gasteiger partial charge in [0.15, 0.2) is 0 Å². The molecule has 0 bridgehead atoms. The molecule has 24 heavy (non-hydrogen) atoms. The van der Waals surface area contributed by atoms with Gasteiger partial charge in [0, 0.05) is 22.2 Å². The molecule has 0 aliphatic carbocycles. The van der Waals surface area contributed by atoms with Crippen LogP contribution in [0.2, 0.25) is 0 Å². The fourth-order valence-electron chi connectivity index (χ4n) is 2.71. The Hall–Kier alpha value is -2.11. The Labute approximate surface area is 143 Å². The number of rotatable bonds is 3. The number of carbonyl (C=O) groups is 1. The van der Waals surface area contributed by atoms with Gasteiger partial charge in [-0.1, -0.05) is 41.5 Å². The number of aryl methyl sites for hydroxylation is 2. The first-order valence-electron chi connectivity index (χ1n) is 8.18. The minimum Gasteiger partial charge on any atom is -0.478 e. The molecular weight excluding hydrogens is 304 g/mol. The van der Waals surface area contributed by atoms with Crippen LogP contribution in [-0.4, -0.2) is 30.6 Å². The van der Waals surface area contributed by atoms with Gasteiger partial charge >= 0.3 is 5.97 Å². The van der Waals surface area contributed by atoms with Crippen LogP contribution in [0.5, 0.6) is 0 Å². The number of aliphatic carboxylic acids is 1. The van der Waals surface area contributed by atoms with E-state index in [4.69, 9.17) is 0 Å². The molecule has 0 aliphatic heterocycles. The molecule has 0 aromatic carbocycles. The maximum atomic E-state index is 12.1. The first kappa shape index (κ1) is 18.2. The number of hydrogen-bond donors (Lipinski definition) is 1. The molecule has 0 amide bonds. The molecule has 0 fully saturated rings. The Bertz CT molecular complexity index is 757. The Morgan fingerprint density at radius 3 is 1.96 bits per heavy atom. The van der Waals surface area contributed by atoms with E-state index in [-0.39, 0.29) is 10.8 Å². The number of nitrogens with zero attached hydrogens (tertiary/aromatic N) is 4. The third-order valence-corrected chi connectivity index (χ3v) is 4.00. The van der Waals surface area contributed by atoms with Crippen molar-refractivity contribution < 1.29 is 9.90 Å². The molecule has 0 saturated heterocycles. The molecule has 132 valence electrons. The van der Waals surface area contributed by atoms with Gasteiger partial charge in [-0.05, 0) is 26.0 Å². The first-order chi connectivity index (χ1) is 10.8. The summed E-state index contributed by atoms with van der Waals surface area (Å²) in [5.74, 6) is -0.977. The molecule has 0 saturated carbocycles. The molecule has 0 aliphatic rings. The minimum absolute atomic E-state index is 0.163. The van der Waals surface area contributed by atoms with Crippen LogP contribution in [0.4, 0.5) is 0 Å². The molecule has 6 heteroatoms. The standard InChI is InChI=1S/C18H28N4O2/c1-11-9-12(2)21(19-11)15(16(23)24)22-14(18(6,7)8)10-13(20-22)17(3,4)5/h9-10,15H,1-8H3,(H,23,24)/t15-/m1/s1. The van der Waals surface area contributed by atoms with E-state index in [0.29, 0.717) is 0 Å². The molecule has 2 heterocycles. The topological polar surface area (TPSA) is 72.9 Å². The predicted molar refractivity (Wildman–Crippen MR) is 93.4 cm³/mol. The van der Waals surface area contributed by atoms with Gasteiger partial charge in [0.05, 0.1) is 11.4 Å². The molecule has 6 nitrogen and oxygen atoms in total. The van der Waals surface area contributed by atoms with E-state index in [2.05, 4.69) is 51.7 Å². The summed E-state index contributed by atoms with van der Waals surface area (Å²) in [6.07, 6.45) is -0.996. The van der Waals surface area contributed by atoms with Crippen molar-refractivity contribution in [3.8, 4) is 0 Å². The average Bonchev–Trinajstić information content (AvgIpc) is 2.93. The molecule has 1 atom stereocenters. The molecule has 0 radical (unpaired) electrons. The van der Waals surface area contributed by atoms with Crippen LogP contribution in [-0.2, 0) is 15.6 Å². The maximum Gasteiger partial charge on any atom is 0.351 e. The van der Waals surface area contributed by atoms with E-state index in [9.17, 15) is 9.90 Å². The molecule has 2 aromatic heterocycles. The highest BCUT2D eigenvalue weighted by Gasteiger charge is 2.33. The van der Waals surface area contributed by atoms with Crippen molar-refractivity contribution in [2.45, 2.75) is 72.4 Å². The van der Waals surface area contributed by atoms with E-state index >= 15 is 0 Å². The van der Waals surface area contributed by atoms with E-state index in [1.54, 1.807) is 4.68 Å². The predicted octanol–water partition coefficient (Wildman–Crippen LogP) is 3.42. The summed E-state index contributed by atoms with van der Waals surface area (Å²) in [5.41, 5.74) is 2.95. The highest BCUT2D eigenvalue weighted by molar-refractivity contribution is 5.72. The molecular formula is C18H28N4O2. The van der Waals surface area contributed by atoms with Crippen LogP contribution >= 0.6 is 0 Å². The summed E-state index contributed by atoms with van der Waals surface area (Å²) in [6, 6.07) is 3.89. The molecule has 0 unspecified atom stereocenters. The van der Waals surface area contributed by atoms with Gasteiger partial charge in [0.25, 0.3) is 0 Å². The van der Waals surface area contributed by atoms with Crippen molar-refractivity contribution in [2.24, 2.45) is 0 Å². The SMILES string of the molecule is Cc1cc(C)n([C@@H](C(=O)O)n2nc(C(C)(C)C)cc2C(C)(C)C)n1. The fourth-order valence-corrected chi connectivity index (χ4v) is 2.71. The van der Waals surface area contributed by atoms with Crippen molar-refractivity contribution in [2.75, 3.05) is 0 Å². The summed E-state index contributed by atoms with van der Waals surface area (Å²) in [4.78, 5) is 12.1. The highest BCUT2D eigenvalue weighted by atomic mass is 16.4. The summed E-state index contributed by atoms with van der Waals surface area (Å²) in [7, 11) is 0. The highest BCUT2D eigenvalue weighted by Crippen LogP contribution is 2.31. The Balaban J connectivity index is 2.73. The molecule has 2 rings (SSSR count). The van der Waals surface area contributed by atoms with Crippen LogP contribution in [0.1, 0.15) is 70.5 Å². The lowest BCUT2D eigenvalue weighted by molar-refractivity contribution is -0.142. The van der Waals surface area contributed by atoms with Crippen LogP contribution in [0.3, 0.4) is 0 Å². The van der Waals surface area contributed by atoms with Crippen molar-refractivity contribution in [3.63, 3.8) is 0 Å². The number of hydrogen-bond acceptors (Lipinski definition) is 3. The minimum atomic E-state index is -0.996. The summed E-state index contributed by atoms with van der Waals surface area (Å²) < 4.78 is 3.15. The van der Waals surface area contributed by atoms with Gasteiger partial charge in [-0.15, -0.1) is 0 Å². The molecule has 1 N–H and O–H groups in total. The van der Waals surface area contributed by atoms with Gasteiger partial charge in [-0.2, -0.15) is 10.2 Å². The van der Waals surface area contributed by atoms with E-state index in [1.165, 1.54) is 4.68 Å². The van der Waals surface area contributed by atoms with Gasteiger partial charge in [0.1, 0.15) is 0 Å². The zero-order chi connectivity index (χ0) is 18.4. The summed E-state index contributed by atoms with van der Waals surface area (Å²) >= 11 is 0. The lowest BCUT2D eigenvalue weighted by Crippen LogP contribution is -2.33. The molecule has 2 aromatic rings. The Morgan fingerprint density at radius 1 is 1.00 bits per heavy atom. The third-order valence-electron chi connectivity index (χ3n) is 4.00. The van der Waals surface area contributed by atoms with Crippen LogP contribution < -0.4 is 0 Å².